The van der Waals surface area contributed by atoms with Gasteiger partial charge in [0, 0.05) is 29.7 Å². The summed E-state index contributed by atoms with van der Waals surface area (Å²) in [5.41, 5.74) is 0.258. The number of carbonyl (C=O) groups excluding carboxylic acids is 1. The third-order valence-electron chi connectivity index (χ3n) is 4.54. The Labute approximate surface area is 177 Å². The fourth-order valence-electron chi connectivity index (χ4n) is 3.13. The Kier molecular flexibility index (Phi) is 7.27. The first-order valence-electron chi connectivity index (χ1n) is 9.31. The van der Waals surface area contributed by atoms with E-state index >= 15 is 0 Å². The van der Waals surface area contributed by atoms with Gasteiger partial charge in [0.2, 0.25) is 5.91 Å². The first-order valence-corrected chi connectivity index (χ1v) is 11.6. The van der Waals surface area contributed by atoms with Crippen LogP contribution in [0.25, 0.3) is 0 Å². The molecule has 0 atom stereocenters. The summed E-state index contributed by atoms with van der Waals surface area (Å²) in [5.74, 6) is -0.498. The Hall–Kier alpha value is -2.24. The van der Waals surface area contributed by atoms with E-state index in [1.165, 1.54) is 35.7 Å². The summed E-state index contributed by atoms with van der Waals surface area (Å²) < 4.78 is 61.5. The molecule has 0 saturated carbocycles. The maximum absolute atomic E-state index is 12.7. The second kappa shape index (κ2) is 9.71. The van der Waals surface area contributed by atoms with Crippen molar-refractivity contribution in [3.63, 3.8) is 0 Å². The summed E-state index contributed by atoms with van der Waals surface area (Å²) in [7, 11) is -2.22. The number of amides is 1. The number of thiophene rings is 1. The molecule has 1 fully saturated rings. The molecule has 0 spiro atoms. The lowest BCUT2D eigenvalue weighted by atomic mass is 10.2. The first kappa shape index (κ1) is 22.4. The van der Waals surface area contributed by atoms with E-state index in [0.717, 1.165) is 30.6 Å². The van der Waals surface area contributed by atoms with Gasteiger partial charge in [0.05, 0.1) is 13.5 Å². The van der Waals surface area contributed by atoms with Crippen LogP contribution in [0.15, 0.2) is 34.5 Å². The molecule has 2 heterocycles. The third kappa shape index (κ3) is 5.46. The number of anilines is 1. The van der Waals surface area contributed by atoms with Gasteiger partial charge in [-0.25, -0.2) is 8.42 Å². The van der Waals surface area contributed by atoms with Gasteiger partial charge in [-0.05, 0) is 37.1 Å². The summed E-state index contributed by atoms with van der Waals surface area (Å²) in [6.07, 6.45) is 2.67. The van der Waals surface area contributed by atoms with Gasteiger partial charge in [0.15, 0.2) is 11.5 Å². The molecule has 164 valence electrons. The number of piperidine rings is 1. The number of rotatable bonds is 8. The number of hydrogen-bond donors (Lipinski definition) is 1. The summed E-state index contributed by atoms with van der Waals surface area (Å²) in [6.45, 7) is -2.01. The van der Waals surface area contributed by atoms with Crippen molar-refractivity contribution < 1.29 is 31.5 Å². The zero-order valence-corrected chi connectivity index (χ0v) is 17.9. The number of halogens is 2. The number of carbonyl (C=O) groups is 1. The molecular weight excluding hydrogens is 438 g/mol. The van der Waals surface area contributed by atoms with E-state index in [4.69, 9.17) is 4.74 Å². The van der Waals surface area contributed by atoms with E-state index in [9.17, 15) is 22.0 Å². The highest BCUT2D eigenvalue weighted by Crippen LogP contribution is 2.32. The Morgan fingerprint density at radius 3 is 2.57 bits per heavy atom. The summed E-state index contributed by atoms with van der Waals surface area (Å²) in [5, 5.41) is 2.59. The van der Waals surface area contributed by atoms with Gasteiger partial charge in [0.1, 0.15) is 4.21 Å². The van der Waals surface area contributed by atoms with Crippen molar-refractivity contribution in [2.45, 2.75) is 36.5 Å². The zero-order chi connectivity index (χ0) is 21.7. The maximum Gasteiger partial charge on any atom is 0.387 e. The van der Waals surface area contributed by atoms with E-state index in [2.05, 4.69) is 10.1 Å². The minimum atomic E-state index is -3.54. The SMILES string of the molecule is COc1ccc(NC(=O)Cc2ccc(S(=O)(=O)N3CCCCC3)s2)cc1OC(F)F. The van der Waals surface area contributed by atoms with Crippen molar-refractivity contribution >= 4 is 33.0 Å². The van der Waals surface area contributed by atoms with Gasteiger partial charge in [-0.1, -0.05) is 6.42 Å². The highest BCUT2D eigenvalue weighted by atomic mass is 32.2. The highest BCUT2D eigenvalue weighted by Gasteiger charge is 2.27. The first-order chi connectivity index (χ1) is 14.3. The monoisotopic (exact) mass is 460 g/mol. The highest BCUT2D eigenvalue weighted by molar-refractivity contribution is 7.91. The van der Waals surface area contributed by atoms with Crippen LogP contribution in [0, 0.1) is 0 Å². The zero-order valence-electron chi connectivity index (χ0n) is 16.3. The number of sulfonamides is 1. The van der Waals surface area contributed by atoms with Crippen molar-refractivity contribution in [1.82, 2.24) is 4.31 Å². The average Bonchev–Trinajstić information content (AvgIpc) is 3.17. The Balaban J connectivity index is 1.66. The molecule has 7 nitrogen and oxygen atoms in total. The molecule has 1 aromatic carbocycles. The fourth-order valence-corrected chi connectivity index (χ4v) is 6.16. The number of hydrogen-bond acceptors (Lipinski definition) is 6. The van der Waals surface area contributed by atoms with Crippen LogP contribution in [-0.4, -0.2) is 45.4 Å². The molecule has 1 amide bonds. The molecule has 0 aliphatic carbocycles. The van der Waals surface area contributed by atoms with Crippen LogP contribution in [0.4, 0.5) is 14.5 Å². The molecule has 3 rings (SSSR count). The number of ether oxygens (including phenoxy) is 2. The minimum Gasteiger partial charge on any atom is -0.493 e. The van der Waals surface area contributed by atoms with Crippen LogP contribution >= 0.6 is 11.3 Å². The van der Waals surface area contributed by atoms with Crippen LogP contribution in [0.5, 0.6) is 11.5 Å². The van der Waals surface area contributed by atoms with Crippen molar-refractivity contribution in [2.24, 2.45) is 0 Å². The van der Waals surface area contributed by atoms with Gasteiger partial charge >= 0.3 is 6.61 Å². The number of benzene rings is 1. The molecule has 1 saturated heterocycles. The van der Waals surface area contributed by atoms with Crippen molar-refractivity contribution in [3.05, 3.63) is 35.2 Å². The molecule has 1 aromatic heterocycles. The van der Waals surface area contributed by atoms with Crippen LogP contribution in [-0.2, 0) is 21.2 Å². The van der Waals surface area contributed by atoms with Gasteiger partial charge < -0.3 is 14.8 Å². The fraction of sp³-hybridized carbons (Fsp3) is 0.421. The topological polar surface area (TPSA) is 84.9 Å². The third-order valence-corrected chi connectivity index (χ3v) is 8.00. The quantitative estimate of drug-likeness (QED) is 0.649. The van der Waals surface area contributed by atoms with E-state index in [-0.39, 0.29) is 27.8 Å². The molecule has 30 heavy (non-hydrogen) atoms. The van der Waals surface area contributed by atoms with Crippen molar-refractivity contribution in [2.75, 3.05) is 25.5 Å². The normalized spacial score (nSPS) is 15.2. The molecule has 0 bridgehead atoms. The van der Waals surface area contributed by atoms with Crippen LogP contribution in [0.3, 0.4) is 0 Å². The Morgan fingerprint density at radius 2 is 1.90 bits per heavy atom. The van der Waals surface area contributed by atoms with Crippen molar-refractivity contribution in [1.29, 1.82) is 0 Å². The number of alkyl halides is 2. The number of nitrogens with one attached hydrogen (secondary N) is 1. The standard InChI is InChI=1S/C19H22F2N2O5S2/c1-27-15-7-5-13(11-16(15)28-19(20)21)22-17(24)12-14-6-8-18(29-14)30(25,26)23-9-3-2-4-10-23/h5-8,11,19H,2-4,9-10,12H2,1H3,(H,22,24). The molecular formula is C19H22F2N2O5S2. The largest absolute Gasteiger partial charge is 0.493 e. The molecule has 1 N–H and O–H groups in total. The van der Waals surface area contributed by atoms with Gasteiger partial charge in [-0.2, -0.15) is 13.1 Å². The lowest BCUT2D eigenvalue weighted by Crippen LogP contribution is -2.35. The Morgan fingerprint density at radius 1 is 1.17 bits per heavy atom. The van der Waals surface area contributed by atoms with E-state index in [0.29, 0.717) is 18.0 Å². The van der Waals surface area contributed by atoms with Gasteiger partial charge in [-0.15, -0.1) is 11.3 Å². The van der Waals surface area contributed by atoms with Gasteiger partial charge in [0.25, 0.3) is 10.0 Å². The number of nitrogens with zero attached hydrogens (tertiary/aromatic N) is 1. The van der Waals surface area contributed by atoms with Crippen LogP contribution in [0.2, 0.25) is 0 Å². The van der Waals surface area contributed by atoms with E-state index < -0.39 is 22.5 Å². The molecule has 0 radical (unpaired) electrons. The molecule has 11 heteroatoms. The van der Waals surface area contributed by atoms with Crippen LogP contribution in [0.1, 0.15) is 24.1 Å². The second-order valence-corrected chi connectivity index (χ2v) is 9.99. The van der Waals surface area contributed by atoms with Crippen molar-refractivity contribution in [3.8, 4) is 11.5 Å². The maximum atomic E-state index is 12.7. The minimum absolute atomic E-state index is 0.0444. The average molecular weight is 461 g/mol. The predicted molar refractivity (Wildman–Crippen MR) is 109 cm³/mol. The van der Waals surface area contributed by atoms with E-state index in [1.54, 1.807) is 6.07 Å². The number of methoxy groups -OCH3 is 1. The van der Waals surface area contributed by atoms with E-state index in [1.807, 2.05) is 0 Å². The molecule has 0 unspecified atom stereocenters. The molecule has 1 aliphatic heterocycles. The lowest BCUT2D eigenvalue weighted by Gasteiger charge is -2.25. The van der Waals surface area contributed by atoms with Crippen LogP contribution < -0.4 is 14.8 Å². The summed E-state index contributed by atoms with van der Waals surface area (Å²) in [6, 6.07) is 7.26. The molecule has 1 aliphatic rings. The lowest BCUT2D eigenvalue weighted by molar-refractivity contribution is -0.115. The Bertz CT molecular complexity index is 989. The van der Waals surface area contributed by atoms with Gasteiger partial charge in [-0.3, -0.25) is 4.79 Å². The summed E-state index contributed by atoms with van der Waals surface area (Å²) >= 11 is 1.06. The second-order valence-electron chi connectivity index (χ2n) is 6.65. The smallest absolute Gasteiger partial charge is 0.387 e. The summed E-state index contributed by atoms with van der Waals surface area (Å²) in [4.78, 5) is 12.9. The predicted octanol–water partition coefficient (Wildman–Crippen LogP) is 3.71. The molecule has 2 aromatic rings.